The lowest BCUT2D eigenvalue weighted by atomic mass is 9.74. The second-order valence-corrected chi connectivity index (χ2v) is 6.48. The molecule has 4 rings (SSSR count). The lowest BCUT2D eigenvalue weighted by molar-refractivity contribution is -0.0290. The summed E-state index contributed by atoms with van der Waals surface area (Å²) in [4.78, 5) is 7.05. The minimum Gasteiger partial charge on any atom is -0.381 e. The van der Waals surface area contributed by atoms with E-state index in [0.29, 0.717) is 5.41 Å². The summed E-state index contributed by atoms with van der Waals surface area (Å²) in [6, 6.07) is 1.92. The number of nitrogens with zero attached hydrogens (tertiary/aromatic N) is 4. The summed E-state index contributed by atoms with van der Waals surface area (Å²) in [7, 11) is 0. The van der Waals surface area contributed by atoms with Gasteiger partial charge in [-0.1, -0.05) is 0 Å². The van der Waals surface area contributed by atoms with Gasteiger partial charge in [0.2, 0.25) is 0 Å². The molecule has 2 saturated heterocycles. The number of aromatic nitrogens is 3. The molecule has 0 amide bonds. The van der Waals surface area contributed by atoms with Gasteiger partial charge in [-0.05, 0) is 43.7 Å². The van der Waals surface area contributed by atoms with Gasteiger partial charge in [-0.15, -0.1) is 0 Å². The summed E-state index contributed by atoms with van der Waals surface area (Å²) in [5.41, 5.74) is 2.72. The van der Waals surface area contributed by atoms with E-state index < -0.39 is 0 Å². The molecule has 2 aliphatic heterocycles. The highest BCUT2D eigenvalue weighted by atomic mass is 16.5. The highest BCUT2D eigenvalue weighted by Crippen LogP contribution is 2.39. The fourth-order valence-electron chi connectivity index (χ4n) is 3.89. The van der Waals surface area contributed by atoms with Gasteiger partial charge in [0.15, 0.2) is 5.65 Å². The van der Waals surface area contributed by atoms with Gasteiger partial charge in [-0.25, -0.2) is 9.50 Å². The van der Waals surface area contributed by atoms with Gasteiger partial charge < -0.3 is 4.74 Å². The predicted molar refractivity (Wildman–Crippen MR) is 80.0 cm³/mol. The highest BCUT2D eigenvalue weighted by molar-refractivity contribution is 5.45. The molecule has 0 atom stereocenters. The summed E-state index contributed by atoms with van der Waals surface area (Å²) < 4.78 is 7.42. The summed E-state index contributed by atoms with van der Waals surface area (Å²) in [6.45, 7) is 5.22. The third-order valence-electron chi connectivity index (χ3n) is 5.04. The number of likely N-dealkylation sites (tertiary alicyclic amines) is 1. The molecule has 112 valence electrons. The Morgan fingerprint density at radius 1 is 1.24 bits per heavy atom. The van der Waals surface area contributed by atoms with Crippen LogP contribution in [0.1, 0.15) is 31.2 Å². The first-order valence-corrected chi connectivity index (χ1v) is 7.92. The number of hydrogen-bond acceptors (Lipinski definition) is 4. The van der Waals surface area contributed by atoms with Crippen LogP contribution in [0.4, 0.5) is 0 Å². The maximum Gasteiger partial charge on any atom is 0.159 e. The maximum atomic E-state index is 5.55. The standard InChI is InChI=1S/C16H22N4O/c1-3-16(4-9-21-10-5-16)13-19(7-1)12-14-11-18-20-8-2-6-17-15(14)20/h2,6,8,11H,1,3-5,7,9-10,12-13H2. The third kappa shape index (κ3) is 2.56. The zero-order valence-electron chi connectivity index (χ0n) is 12.4. The van der Waals surface area contributed by atoms with Crippen LogP contribution >= 0.6 is 0 Å². The van der Waals surface area contributed by atoms with E-state index in [0.717, 1.165) is 25.4 Å². The van der Waals surface area contributed by atoms with Crippen LogP contribution in [0.2, 0.25) is 0 Å². The summed E-state index contributed by atoms with van der Waals surface area (Å²) >= 11 is 0. The predicted octanol–water partition coefficient (Wildman–Crippen LogP) is 2.12. The van der Waals surface area contributed by atoms with Crippen molar-refractivity contribution in [2.24, 2.45) is 5.41 Å². The first-order valence-electron chi connectivity index (χ1n) is 7.92. The SMILES string of the molecule is c1cnc2c(CN3CCCC4(CCOCC4)C3)cnn2c1. The van der Waals surface area contributed by atoms with E-state index in [-0.39, 0.29) is 0 Å². The van der Waals surface area contributed by atoms with Crippen molar-refractivity contribution < 1.29 is 4.74 Å². The molecule has 0 aromatic carbocycles. The molecule has 2 fully saturated rings. The van der Waals surface area contributed by atoms with E-state index in [1.54, 1.807) is 0 Å². The topological polar surface area (TPSA) is 42.7 Å². The van der Waals surface area contributed by atoms with Crippen LogP contribution in [0.25, 0.3) is 5.65 Å². The number of ether oxygens (including phenoxy) is 1. The zero-order chi connectivity index (χ0) is 14.1. The molecule has 5 nitrogen and oxygen atoms in total. The summed E-state index contributed by atoms with van der Waals surface area (Å²) in [6.07, 6.45) is 10.9. The minimum atomic E-state index is 0.493. The fraction of sp³-hybridized carbons (Fsp3) is 0.625. The molecule has 0 radical (unpaired) electrons. The molecule has 0 aliphatic carbocycles. The van der Waals surface area contributed by atoms with Gasteiger partial charge in [-0.2, -0.15) is 5.10 Å². The Balaban J connectivity index is 1.51. The van der Waals surface area contributed by atoms with Gasteiger partial charge in [-0.3, -0.25) is 4.90 Å². The molecular weight excluding hydrogens is 264 g/mol. The molecule has 2 aliphatic rings. The Kier molecular flexibility index (Phi) is 3.39. The smallest absolute Gasteiger partial charge is 0.159 e. The van der Waals surface area contributed by atoms with Crippen LogP contribution in [0.5, 0.6) is 0 Å². The van der Waals surface area contributed by atoms with Gasteiger partial charge in [0, 0.05) is 44.3 Å². The van der Waals surface area contributed by atoms with Crippen molar-refractivity contribution in [3.63, 3.8) is 0 Å². The number of fused-ring (bicyclic) bond motifs is 1. The molecule has 1 spiro atoms. The zero-order valence-corrected chi connectivity index (χ0v) is 12.4. The average Bonchev–Trinajstić information content (AvgIpc) is 2.92. The first-order chi connectivity index (χ1) is 10.3. The van der Waals surface area contributed by atoms with Crippen LogP contribution < -0.4 is 0 Å². The van der Waals surface area contributed by atoms with Crippen LogP contribution in [0.15, 0.2) is 24.7 Å². The molecule has 5 heteroatoms. The molecule has 4 heterocycles. The highest BCUT2D eigenvalue weighted by Gasteiger charge is 2.36. The van der Waals surface area contributed by atoms with E-state index >= 15 is 0 Å². The lowest BCUT2D eigenvalue weighted by Gasteiger charge is -2.45. The monoisotopic (exact) mass is 286 g/mol. The van der Waals surface area contributed by atoms with E-state index in [9.17, 15) is 0 Å². The molecule has 0 N–H and O–H groups in total. The van der Waals surface area contributed by atoms with Crippen LogP contribution in [-0.4, -0.2) is 45.8 Å². The number of rotatable bonds is 2. The first kappa shape index (κ1) is 13.2. The molecule has 0 saturated carbocycles. The van der Waals surface area contributed by atoms with Crippen LogP contribution in [0, 0.1) is 5.41 Å². The molecule has 0 bridgehead atoms. The van der Waals surface area contributed by atoms with Crippen LogP contribution in [-0.2, 0) is 11.3 Å². The Morgan fingerprint density at radius 2 is 2.14 bits per heavy atom. The van der Waals surface area contributed by atoms with E-state index in [4.69, 9.17) is 4.74 Å². The second-order valence-electron chi connectivity index (χ2n) is 6.48. The summed E-state index contributed by atoms with van der Waals surface area (Å²) in [5.74, 6) is 0. The van der Waals surface area contributed by atoms with E-state index in [1.807, 2.05) is 29.2 Å². The molecular formula is C16H22N4O. The third-order valence-corrected chi connectivity index (χ3v) is 5.04. The minimum absolute atomic E-state index is 0.493. The van der Waals surface area contributed by atoms with Crippen molar-refractivity contribution in [1.29, 1.82) is 0 Å². The lowest BCUT2D eigenvalue weighted by Crippen LogP contribution is -2.45. The van der Waals surface area contributed by atoms with Gasteiger partial charge in [0.1, 0.15) is 0 Å². The Hall–Kier alpha value is -1.46. The average molecular weight is 286 g/mol. The van der Waals surface area contributed by atoms with Crippen molar-refractivity contribution in [3.05, 3.63) is 30.2 Å². The van der Waals surface area contributed by atoms with E-state index in [2.05, 4.69) is 15.0 Å². The van der Waals surface area contributed by atoms with Crippen molar-refractivity contribution in [1.82, 2.24) is 19.5 Å². The Morgan fingerprint density at radius 3 is 3.05 bits per heavy atom. The molecule has 2 aromatic heterocycles. The Labute approximate surface area is 124 Å². The summed E-state index contributed by atoms with van der Waals surface area (Å²) in [5, 5.41) is 4.40. The van der Waals surface area contributed by atoms with Crippen molar-refractivity contribution in [2.75, 3.05) is 26.3 Å². The number of piperidine rings is 1. The van der Waals surface area contributed by atoms with Gasteiger partial charge in [0.05, 0.1) is 6.20 Å². The molecule has 2 aromatic rings. The normalized spacial score (nSPS) is 22.9. The quantitative estimate of drug-likeness (QED) is 0.848. The van der Waals surface area contributed by atoms with E-state index in [1.165, 1.54) is 44.3 Å². The molecule has 0 unspecified atom stereocenters. The van der Waals surface area contributed by atoms with Crippen molar-refractivity contribution in [3.8, 4) is 0 Å². The van der Waals surface area contributed by atoms with Crippen LogP contribution in [0.3, 0.4) is 0 Å². The Bertz CT molecular complexity index is 612. The van der Waals surface area contributed by atoms with Crippen molar-refractivity contribution >= 4 is 5.65 Å². The second kappa shape index (κ2) is 5.39. The van der Waals surface area contributed by atoms with Gasteiger partial charge in [0.25, 0.3) is 0 Å². The van der Waals surface area contributed by atoms with Gasteiger partial charge >= 0.3 is 0 Å². The maximum absolute atomic E-state index is 5.55. The fourth-order valence-corrected chi connectivity index (χ4v) is 3.89. The van der Waals surface area contributed by atoms with Crippen molar-refractivity contribution in [2.45, 2.75) is 32.2 Å². The largest absolute Gasteiger partial charge is 0.381 e. The number of hydrogen-bond donors (Lipinski definition) is 0. The molecule has 21 heavy (non-hydrogen) atoms.